The van der Waals surface area contributed by atoms with Gasteiger partial charge in [0.2, 0.25) is 0 Å². The van der Waals surface area contributed by atoms with Crippen LogP contribution in [-0.2, 0) is 19.4 Å². The van der Waals surface area contributed by atoms with Crippen molar-refractivity contribution >= 4 is 17.6 Å². The first kappa shape index (κ1) is 26.3. The Bertz CT molecular complexity index is 1520. The average molecular weight is 520 g/mol. The SMILES string of the molecule is CCc1nc(CCN2C(=O)c3ccccc3C2=O)cn1Cc1ccc(-c2ccccc2C(=O)C(C)(C)C)cc1. The van der Waals surface area contributed by atoms with Crippen LogP contribution in [0.2, 0.25) is 0 Å². The molecule has 1 aromatic heterocycles. The molecule has 3 aromatic carbocycles. The number of amides is 2. The number of ketones is 1. The number of carbonyl (C=O) groups excluding carboxylic acids is 3. The van der Waals surface area contributed by atoms with Gasteiger partial charge in [-0.1, -0.05) is 88.4 Å². The molecule has 0 aliphatic carbocycles. The van der Waals surface area contributed by atoms with Crippen LogP contribution >= 0.6 is 0 Å². The van der Waals surface area contributed by atoms with Crippen molar-refractivity contribution in [2.45, 2.75) is 47.1 Å². The topological polar surface area (TPSA) is 72.3 Å². The molecule has 0 radical (unpaired) electrons. The van der Waals surface area contributed by atoms with E-state index in [1.807, 2.05) is 51.2 Å². The zero-order valence-electron chi connectivity index (χ0n) is 22.9. The zero-order valence-corrected chi connectivity index (χ0v) is 22.9. The first-order valence-corrected chi connectivity index (χ1v) is 13.4. The van der Waals surface area contributed by atoms with Gasteiger partial charge in [0.05, 0.1) is 16.8 Å². The predicted molar refractivity (Wildman–Crippen MR) is 152 cm³/mol. The van der Waals surface area contributed by atoms with Crippen molar-refractivity contribution < 1.29 is 14.4 Å². The van der Waals surface area contributed by atoms with Crippen molar-refractivity contribution in [3.05, 3.63) is 113 Å². The Kier molecular flexibility index (Phi) is 7.04. The Hall–Kier alpha value is -4.32. The van der Waals surface area contributed by atoms with E-state index in [9.17, 15) is 14.4 Å². The quantitative estimate of drug-likeness (QED) is 0.204. The molecule has 1 aliphatic heterocycles. The molecule has 0 bridgehead atoms. The van der Waals surface area contributed by atoms with Gasteiger partial charge in [-0.25, -0.2) is 4.98 Å². The summed E-state index contributed by atoms with van der Waals surface area (Å²) in [4.78, 5) is 44.5. The molecule has 0 saturated carbocycles. The largest absolute Gasteiger partial charge is 0.330 e. The van der Waals surface area contributed by atoms with Gasteiger partial charge in [-0.05, 0) is 28.8 Å². The van der Waals surface area contributed by atoms with Gasteiger partial charge in [0.25, 0.3) is 11.8 Å². The number of imide groups is 1. The molecular weight excluding hydrogens is 486 g/mol. The molecule has 39 heavy (non-hydrogen) atoms. The van der Waals surface area contributed by atoms with E-state index >= 15 is 0 Å². The van der Waals surface area contributed by atoms with Crippen LogP contribution in [0.25, 0.3) is 11.1 Å². The highest BCUT2D eigenvalue weighted by Crippen LogP contribution is 2.30. The molecule has 4 aromatic rings. The fraction of sp³-hybridized carbons (Fsp3) is 0.273. The third-order valence-corrected chi connectivity index (χ3v) is 7.17. The van der Waals surface area contributed by atoms with Crippen molar-refractivity contribution in [1.82, 2.24) is 14.5 Å². The summed E-state index contributed by atoms with van der Waals surface area (Å²) >= 11 is 0. The average Bonchev–Trinajstić information content (AvgIpc) is 3.44. The van der Waals surface area contributed by atoms with E-state index in [1.165, 1.54) is 4.90 Å². The summed E-state index contributed by atoms with van der Waals surface area (Å²) in [5, 5.41) is 0. The minimum Gasteiger partial charge on any atom is -0.330 e. The third-order valence-electron chi connectivity index (χ3n) is 7.17. The number of imidazole rings is 1. The Labute approximate surface area is 229 Å². The summed E-state index contributed by atoms with van der Waals surface area (Å²) in [6.07, 6.45) is 3.29. The third kappa shape index (κ3) is 5.19. The summed E-state index contributed by atoms with van der Waals surface area (Å²) < 4.78 is 2.13. The van der Waals surface area contributed by atoms with E-state index in [0.717, 1.165) is 40.2 Å². The van der Waals surface area contributed by atoms with Crippen LogP contribution in [0.4, 0.5) is 0 Å². The summed E-state index contributed by atoms with van der Waals surface area (Å²) in [5.74, 6) is 0.604. The normalized spacial score (nSPS) is 13.2. The van der Waals surface area contributed by atoms with Gasteiger partial charge in [-0.15, -0.1) is 0 Å². The molecule has 0 unspecified atom stereocenters. The Balaban J connectivity index is 1.30. The zero-order chi connectivity index (χ0) is 27.7. The van der Waals surface area contributed by atoms with Gasteiger partial charge in [0, 0.05) is 43.1 Å². The van der Waals surface area contributed by atoms with E-state index in [0.29, 0.717) is 30.6 Å². The molecule has 2 amide bonds. The fourth-order valence-electron chi connectivity index (χ4n) is 5.04. The minimum atomic E-state index is -0.453. The molecule has 0 N–H and O–H groups in total. The predicted octanol–water partition coefficient (Wildman–Crippen LogP) is 6.23. The van der Waals surface area contributed by atoms with Crippen LogP contribution in [0, 0.1) is 5.41 Å². The van der Waals surface area contributed by atoms with Crippen LogP contribution in [0.5, 0.6) is 0 Å². The number of aryl methyl sites for hydroxylation is 1. The lowest BCUT2D eigenvalue weighted by molar-refractivity contribution is 0.0655. The summed E-state index contributed by atoms with van der Waals surface area (Å²) in [7, 11) is 0. The number of benzene rings is 3. The first-order chi connectivity index (χ1) is 18.7. The highest BCUT2D eigenvalue weighted by molar-refractivity contribution is 6.21. The number of hydrogen-bond donors (Lipinski definition) is 0. The van der Waals surface area contributed by atoms with Crippen LogP contribution < -0.4 is 0 Å². The molecular formula is C33H33N3O3. The van der Waals surface area contributed by atoms with E-state index < -0.39 is 5.41 Å². The molecule has 2 heterocycles. The van der Waals surface area contributed by atoms with Crippen molar-refractivity contribution in [2.75, 3.05) is 6.54 Å². The molecule has 6 heteroatoms. The summed E-state index contributed by atoms with van der Waals surface area (Å²) in [6, 6.07) is 23.0. The number of aromatic nitrogens is 2. The van der Waals surface area contributed by atoms with Crippen LogP contribution in [0.1, 0.15) is 75.9 Å². The van der Waals surface area contributed by atoms with Gasteiger partial charge in [0.1, 0.15) is 5.82 Å². The van der Waals surface area contributed by atoms with Crippen molar-refractivity contribution in [1.29, 1.82) is 0 Å². The number of rotatable bonds is 8. The second-order valence-electron chi connectivity index (χ2n) is 11.0. The maximum absolute atomic E-state index is 13.0. The van der Waals surface area contributed by atoms with Crippen molar-refractivity contribution in [3.8, 4) is 11.1 Å². The standard InChI is InChI=1S/C33H33N3O3/c1-5-29-34-24(18-19-36-31(38)27-12-8-9-13-28(27)32(36)39)21-35(29)20-22-14-16-23(17-15-22)25-10-6-7-11-26(25)30(37)33(2,3)4/h6-17,21H,5,18-20H2,1-4H3. The van der Waals surface area contributed by atoms with Gasteiger partial charge in [-0.2, -0.15) is 0 Å². The number of carbonyl (C=O) groups is 3. The molecule has 6 nitrogen and oxygen atoms in total. The molecule has 5 rings (SSSR count). The smallest absolute Gasteiger partial charge is 0.261 e. The second kappa shape index (κ2) is 10.4. The van der Waals surface area contributed by atoms with E-state index in [2.05, 4.69) is 35.8 Å². The lowest BCUT2D eigenvalue weighted by atomic mass is 9.83. The van der Waals surface area contributed by atoms with Crippen LogP contribution in [0.3, 0.4) is 0 Å². The van der Waals surface area contributed by atoms with Crippen molar-refractivity contribution in [2.24, 2.45) is 5.41 Å². The Morgan fingerprint density at radius 1 is 0.821 bits per heavy atom. The number of nitrogens with zero attached hydrogens (tertiary/aromatic N) is 3. The summed E-state index contributed by atoms with van der Waals surface area (Å²) in [5.41, 5.74) is 5.15. The molecule has 1 aliphatic rings. The Morgan fingerprint density at radius 3 is 2.00 bits per heavy atom. The fourth-order valence-corrected chi connectivity index (χ4v) is 5.04. The molecule has 198 valence electrons. The number of hydrogen-bond acceptors (Lipinski definition) is 4. The van der Waals surface area contributed by atoms with E-state index in [-0.39, 0.29) is 17.6 Å². The highest BCUT2D eigenvalue weighted by atomic mass is 16.2. The number of Topliss-reactive ketones (excluding diaryl/α,β-unsaturated/α-hetero) is 1. The first-order valence-electron chi connectivity index (χ1n) is 13.4. The highest BCUT2D eigenvalue weighted by Gasteiger charge is 2.34. The number of fused-ring (bicyclic) bond motifs is 1. The molecule has 0 spiro atoms. The molecule has 0 fully saturated rings. The lowest BCUT2D eigenvalue weighted by Crippen LogP contribution is -2.31. The molecule has 0 saturated heterocycles. The van der Waals surface area contributed by atoms with Gasteiger partial charge in [-0.3, -0.25) is 19.3 Å². The van der Waals surface area contributed by atoms with Gasteiger partial charge in [0.15, 0.2) is 5.78 Å². The minimum absolute atomic E-state index is 0.127. The summed E-state index contributed by atoms with van der Waals surface area (Å²) in [6.45, 7) is 8.86. The maximum Gasteiger partial charge on any atom is 0.261 e. The lowest BCUT2D eigenvalue weighted by Gasteiger charge is -2.19. The monoisotopic (exact) mass is 519 g/mol. The van der Waals surface area contributed by atoms with Crippen LogP contribution in [0.15, 0.2) is 79.0 Å². The van der Waals surface area contributed by atoms with E-state index in [1.54, 1.807) is 24.3 Å². The van der Waals surface area contributed by atoms with Crippen molar-refractivity contribution in [3.63, 3.8) is 0 Å². The molecule has 0 atom stereocenters. The second-order valence-corrected chi connectivity index (χ2v) is 11.0. The van der Waals surface area contributed by atoms with Gasteiger partial charge >= 0.3 is 0 Å². The van der Waals surface area contributed by atoms with Crippen LogP contribution in [-0.4, -0.2) is 38.6 Å². The van der Waals surface area contributed by atoms with Gasteiger partial charge < -0.3 is 4.57 Å². The Morgan fingerprint density at radius 2 is 1.41 bits per heavy atom. The maximum atomic E-state index is 13.0. The van der Waals surface area contributed by atoms with E-state index in [4.69, 9.17) is 4.98 Å².